The number of benzene rings is 3. The van der Waals surface area contributed by atoms with Gasteiger partial charge in [0.25, 0.3) is 0 Å². The van der Waals surface area contributed by atoms with E-state index in [1.807, 2.05) is 53.1 Å². The maximum absolute atomic E-state index is 13.3. The number of halogens is 4. The fourth-order valence-corrected chi connectivity index (χ4v) is 4.23. The average molecular weight is 446 g/mol. The highest BCUT2D eigenvalue weighted by Crippen LogP contribution is 2.36. The number of thioether (sulfide) groups is 1. The maximum Gasteiger partial charge on any atom is 0.416 e. The summed E-state index contributed by atoms with van der Waals surface area (Å²) >= 11 is 7.55. The van der Waals surface area contributed by atoms with Crippen LogP contribution in [0.1, 0.15) is 11.1 Å². The molecule has 1 aromatic heterocycles. The second-order valence-electron chi connectivity index (χ2n) is 6.40. The minimum Gasteiger partial charge on any atom is -0.270 e. The van der Waals surface area contributed by atoms with Gasteiger partial charge in [0.15, 0.2) is 11.0 Å². The van der Waals surface area contributed by atoms with Gasteiger partial charge in [-0.25, -0.2) is 0 Å². The van der Waals surface area contributed by atoms with Gasteiger partial charge in [0.1, 0.15) is 0 Å². The van der Waals surface area contributed by atoms with Crippen LogP contribution in [0.4, 0.5) is 13.2 Å². The van der Waals surface area contributed by atoms with Gasteiger partial charge >= 0.3 is 6.18 Å². The summed E-state index contributed by atoms with van der Waals surface area (Å²) in [5, 5.41) is 9.54. The fourth-order valence-electron chi connectivity index (χ4n) is 3.06. The first-order valence-corrected chi connectivity index (χ1v) is 10.3. The first kappa shape index (κ1) is 20.5. The molecule has 8 heteroatoms. The number of alkyl halides is 3. The molecule has 3 nitrogen and oxygen atoms in total. The minimum atomic E-state index is -4.41. The fraction of sp³-hybridized carbons (Fsp3) is 0.0909. The highest BCUT2D eigenvalue weighted by atomic mass is 35.5. The van der Waals surface area contributed by atoms with Gasteiger partial charge in [-0.2, -0.15) is 13.2 Å². The molecule has 4 aromatic rings. The largest absolute Gasteiger partial charge is 0.416 e. The molecule has 0 aliphatic heterocycles. The average Bonchev–Trinajstić information content (AvgIpc) is 3.16. The molecular formula is C22H15ClF3N3S. The van der Waals surface area contributed by atoms with Crippen LogP contribution in [0.3, 0.4) is 0 Å². The lowest BCUT2D eigenvalue weighted by Crippen LogP contribution is -2.08. The van der Waals surface area contributed by atoms with E-state index in [1.165, 1.54) is 23.9 Å². The summed E-state index contributed by atoms with van der Waals surface area (Å²) in [6.07, 6.45) is -4.41. The number of aromatic nitrogens is 3. The van der Waals surface area contributed by atoms with Crippen LogP contribution in [0.15, 0.2) is 84.0 Å². The van der Waals surface area contributed by atoms with Crippen molar-refractivity contribution >= 4 is 23.4 Å². The van der Waals surface area contributed by atoms with Crippen molar-refractivity contribution in [2.45, 2.75) is 17.1 Å². The molecule has 0 bridgehead atoms. The second-order valence-corrected chi connectivity index (χ2v) is 7.75. The van der Waals surface area contributed by atoms with E-state index in [0.29, 0.717) is 21.6 Å². The molecule has 0 unspecified atom stereocenters. The van der Waals surface area contributed by atoms with Crippen LogP contribution in [-0.4, -0.2) is 14.8 Å². The molecule has 0 aliphatic rings. The summed E-state index contributed by atoms with van der Waals surface area (Å²) in [6.45, 7) is 0. The first-order chi connectivity index (χ1) is 14.4. The summed E-state index contributed by atoms with van der Waals surface area (Å²) in [5.74, 6) is 0.627. The number of rotatable bonds is 5. The van der Waals surface area contributed by atoms with E-state index in [0.717, 1.165) is 11.8 Å². The molecule has 0 spiro atoms. The van der Waals surface area contributed by atoms with Crippen LogP contribution in [0, 0.1) is 0 Å². The van der Waals surface area contributed by atoms with Gasteiger partial charge in [-0.3, -0.25) is 4.57 Å². The summed E-state index contributed by atoms with van der Waals surface area (Å²) in [5.41, 5.74) is 1.04. The molecule has 0 N–H and O–H groups in total. The van der Waals surface area contributed by atoms with Gasteiger partial charge in [-0.1, -0.05) is 71.9 Å². The zero-order chi connectivity index (χ0) is 21.1. The Morgan fingerprint density at radius 3 is 2.23 bits per heavy atom. The Hall–Kier alpha value is -2.77. The smallest absolute Gasteiger partial charge is 0.270 e. The molecule has 0 amide bonds. The third-order valence-electron chi connectivity index (χ3n) is 4.44. The van der Waals surface area contributed by atoms with Crippen molar-refractivity contribution in [3.63, 3.8) is 0 Å². The van der Waals surface area contributed by atoms with Gasteiger partial charge in [0.2, 0.25) is 0 Å². The zero-order valence-corrected chi connectivity index (χ0v) is 17.0. The van der Waals surface area contributed by atoms with Gasteiger partial charge in [-0.05, 0) is 35.9 Å². The van der Waals surface area contributed by atoms with Crippen LogP contribution in [0.2, 0.25) is 5.02 Å². The van der Waals surface area contributed by atoms with Crippen LogP contribution >= 0.6 is 23.4 Å². The van der Waals surface area contributed by atoms with E-state index in [1.54, 1.807) is 12.1 Å². The number of hydrogen-bond acceptors (Lipinski definition) is 3. The van der Waals surface area contributed by atoms with Crippen molar-refractivity contribution in [1.29, 1.82) is 0 Å². The predicted molar refractivity (Wildman–Crippen MR) is 113 cm³/mol. The van der Waals surface area contributed by atoms with E-state index < -0.39 is 11.7 Å². The van der Waals surface area contributed by atoms with E-state index in [2.05, 4.69) is 10.2 Å². The Bertz CT molecular complexity index is 1160. The second kappa shape index (κ2) is 8.53. The lowest BCUT2D eigenvalue weighted by Gasteiger charge is -2.13. The van der Waals surface area contributed by atoms with E-state index in [4.69, 9.17) is 11.6 Å². The molecule has 30 heavy (non-hydrogen) atoms. The molecule has 152 valence electrons. The third kappa shape index (κ3) is 4.22. The molecule has 4 rings (SSSR count). The molecule has 0 radical (unpaired) electrons. The molecule has 0 saturated heterocycles. The Morgan fingerprint density at radius 2 is 1.50 bits per heavy atom. The van der Waals surface area contributed by atoms with Crippen molar-refractivity contribution in [1.82, 2.24) is 14.8 Å². The molecule has 0 saturated carbocycles. The van der Waals surface area contributed by atoms with E-state index in [9.17, 15) is 13.2 Å². The van der Waals surface area contributed by atoms with Gasteiger partial charge in [0.05, 0.1) is 10.6 Å². The Balaban J connectivity index is 1.75. The van der Waals surface area contributed by atoms with Crippen molar-refractivity contribution in [3.8, 4) is 17.1 Å². The maximum atomic E-state index is 13.3. The number of para-hydroxylation sites is 1. The van der Waals surface area contributed by atoms with Crippen LogP contribution in [0.25, 0.3) is 17.1 Å². The first-order valence-electron chi connectivity index (χ1n) is 8.99. The van der Waals surface area contributed by atoms with Crippen molar-refractivity contribution in [2.24, 2.45) is 0 Å². The monoisotopic (exact) mass is 445 g/mol. The molecule has 0 fully saturated rings. The number of nitrogens with zero attached hydrogens (tertiary/aromatic N) is 3. The van der Waals surface area contributed by atoms with E-state index in [-0.39, 0.29) is 11.3 Å². The molecule has 0 atom stereocenters. The standard InChI is InChI=1S/C22H15ClF3N3S/c23-19-13-7-5-11-17(19)20-27-28-21(29(20)16-9-2-1-3-10-16)30-14-15-8-4-6-12-18(15)22(24,25)26/h1-13H,14H2. The minimum absolute atomic E-state index is 0.100. The van der Waals surface area contributed by atoms with Crippen LogP contribution in [0.5, 0.6) is 0 Å². The van der Waals surface area contributed by atoms with Crippen molar-refractivity contribution in [2.75, 3.05) is 0 Å². The molecule has 1 heterocycles. The lowest BCUT2D eigenvalue weighted by molar-refractivity contribution is -0.138. The number of hydrogen-bond donors (Lipinski definition) is 0. The third-order valence-corrected chi connectivity index (χ3v) is 5.75. The quantitative estimate of drug-likeness (QED) is 0.313. The topological polar surface area (TPSA) is 30.7 Å². The summed E-state index contributed by atoms with van der Waals surface area (Å²) < 4.78 is 41.8. The van der Waals surface area contributed by atoms with Gasteiger partial charge < -0.3 is 0 Å². The Labute approximate surface area is 180 Å². The molecular weight excluding hydrogens is 431 g/mol. The highest BCUT2D eigenvalue weighted by molar-refractivity contribution is 7.98. The van der Waals surface area contributed by atoms with Crippen molar-refractivity contribution in [3.05, 3.63) is 95.0 Å². The highest BCUT2D eigenvalue weighted by Gasteiger charge is 2.33. The predicted octanol–water partition coefficient (Wildman–Crippen LogP) is 6.90. The van der Waals surface area contributed by atoms with Gasteiger partial charge in [0, 0.05) is 17.0 Å². The Kier molecular flexibility index (Phi) is 5.83. The summed E-state index contributed by atoms with van der Waals surface area (Å²) in [7, 11) is 0. The molecule has 3 aromatic carbocycles. The normalized spacial score (nSPS) is 11.6. The SMILES string of the molecule is FC(F)(F)c1ccccc1CSc1nnc(-c2ccccc2Cl)n1-c1ccccc1. The van der Waals surface area contributed by atoms with Gasteiger partial charge in [-0.15, -0.1) is 10.2 Å². The summed E-state index contributed by atoms with van der Waals surface area (Å²) in [6, 6.07) is 22.2. The van der Waals surface area contributed by atoms with E-state index >= 15 is 0 Å². The zero-order valence-electron chi connectivity index (χ0n) is 15.5. The summed E-state index contributed by atoms with van der Waals surface area (Å²) in [4.78, 5) is 0. The Morgan fingerprint density at radius 1 is 0.833 bits per heavy atom. The van der Waals surface area contributed by atoms with Crippen LogP contribution in [-0.2, 0) is 11.9 Å². The van der Waals surface area contributed by atoms with Crippen LogP contribution < -0.4 is 0 Å². The molecule has 0 aliphatic carbocycles. The lowest BCUT2D eigenvalue weighted by atomic mass is 10.1. The van der Waals surface area contributed by atoms with Crippen molar-refractivity contribution < 1.29 is 13.2 Å².